The second kappa shape index (κ2) is 8.46. The molecule has 0 unspecified atom stereocenters. The molecule has 1 fully saturated rings. The van der Waals surface area contributed by atoms with Gasteiger partial charge in [-0.15, -0.1) is 0 Å². The van der Waals surface area contributed by atoms with E-state index in [0.717, 1.165) is 16.7 Å². The molecule has 1 aromatic rings. The fourth-order valence-corrected chi connectivity index (χ4v) is 3.20. The van der Waals surface area contributed by atoms with Crippen LogP contribution in [-0.4, -0.2) is 47.3 Å². The minimum atomic E-state index is -0.553. The van der Waals surface area contributed by atoms with Crippen LogP contribution < -0.4 is 10.1 Å². The van der Waals surface area contributed by atoms with Gasteiger partial charge in [0, 0.05) is 6.54 Å². The first-order valence-corrected chi connectivity index (χ1v) is 9.01. The average molecular weight is 399 g/mol. The molecule has 2 N–H and O–H groups in total. The molecule has 9 heteroatoms. The number of imide groups is 1. The summed E-state index contributed by atoms with van der Waals surface area (Å²) in [7, 11) is 1.37. The second-order valence-electron chi connectivity index (χ2n) is 6.02. The van der Waals surface area contributed by atoms with E-state index < -0.39 is 17.1 Å². The number of carbonyl (C=O) groups is 3. The number of nitrogens with zero attached hydrogens (tertiary/aromatic N) is 1. The van der Waals surface area contributed by atoms with Gasteiger partial charge in [0.05, 0.1) is 17.0 Å². The Morgan fingerprint density at radius 3 is 2.73 bits per heavy atom. The van der Waals surface area contributed by atoms with Crippen molar-refractivity contribution >= 4 is 46.5 Å². The Bertz CT molecular complexity index is 779. The fraction of sp³-hybridized carbons (Fsp3) is 0.353. The van der Waals surface area contributed by atoms with Crippen LogP contribution in [-0.2, 0) is 9.59 Å². The van der Waals surface area contributed by atoms with Crippen LogP contribution in [0.4, 0.5) is 4.79 Å². The molecule has 1 heterocycles. The number of aromatic hydroxyl groups is 1. The van der Waals surface area contributed by atoms with Gasteiger partial charge in [0.25, 0.3) is 11.1 Å². The quantitative estimate of drug-likeness (QED) is 0.715. The van der Waals surface area contributed by atoms with Gasteiger partial charge in [-0.3, -0.25) is 19.3 Å². The number of methoxy groups -OCH3 is 1. The van der Waals surface area contributed by atoms with E-state index in [0.29, 0.717) is 12.1 Å². The molecule has 0 bridgehead atoms. The van der Waals surface area contributed by atoms with E-state index in [1.165, 1.54) is 25.3 Å². The zero-order valence-corrected chi connectivity index (χ0v) is 16.1. The number of phenolic OH excluding ortho intramolecular Hbond substituents is 1. The standard InChI is InChI=1S/C17H19ClN2O5S/c1-9(2)7-19-14(21)8-20-16(23)13(26-17(20)24)6-10-4-11(18)15(22)12(5-10)25-3/h4-6,9,22H,7-8H2,1-3H3,(H,19,21)/b13-6-. The number of benzene rings is 1. The molecule has 0 aliphatic carbocycles. The molecule has 1 saturated heterocycles. The van der Waals surface area contributed by atoms with Gasteiger partial charge >= 0.3 is 0 Å². The molecule has 2 rings (SSSR count). The lowest BCUT2D eigenvalue weighted by Crippen LogP contribution is -2.40. The highest BCUT2D eigenvalue weighted by molar-refractivity contribution is 8.18. The summed E-state index contributed by atoms with van der Waals surface area (Å²) in [6.07, 6.45) is 1.46. The lowest BCUT2D eigenvalue weighted by atomic mass is 10.2. The van der Waals surface area contributed by atoms with Crippen molar-refractivity contribution in [1.29, 1.82) is 0 Å². The van der Waals surface area contributed by atoms with Crippen molar-refractivity contribution in [3.63, 3.8) is 0 Å². The Hall–Kier alpha value is -2.19. The van der Waals surface area contributed by atoms with Crippen molar-refractivity contribution in [2.75, 3.05) is 20.2 Å². The Kier molecular flexibility index (Phi) is 6.55. The maximum atomic E-state index is 12.4. The third kappa shape index (κ3) is 4.70. The second-order valence-corrected chi connectivity index (χ2v) is 7.42. The van der Waals surface area contributed by atoms with Crippen LogP contribution in [0.2, 0.25) is 5.02 Å². The van der Waals surface area contributed by atoms with Crippen molar-refractivity contribution in [3.05, 3.63) is 27.6 Å². The number of carbonyl (C=O) groups excluding carboxylic acids is 3. The molecular formula is C17H19ClN2O5S. The zero-order chi connectivity index (χ0) is 19.4. The van der Waals surface area contributed by atoms with Crippen LogP contribution in [0.5, 0.6) is 11.5 Å². The molecule has 1 aliphatic heterocycles. The number of hydrogen-bond donors (Lipinski definition) is 2. The molecule has 26 heavy (non-hydrogen) atoms. The van der Waals surface area contributed by atoms with Crippen molar-refractivity contribution in [2.24, 2.45) is 5.92 Å². The zero-order valence-electron chi connectivity index (χ0n) is 14.5. The van der Waals surface area contributed by atoms with Crippen molar-refractivity contribution in [3.8, 4) is 11.5 Å². The fourth-order valence-electron chi connectivity index (χ4n) is 2.14. The van der Waals surface area contributed by atoms with Gasteiger partial charge in [0.1, 0.15) is 6.54 Å². The van der Waals surface area contributed by atoms with Gasteiger partial charge in [0.15, 0.2) is 11.5 Å². The Labute approximate surface area is 160 Å². The highest BCUT2D eigenvalue weighted by Crippen LogP contribution is 2.37. The monoisotopic (exact) mass is 398 g/mol. The largest absolute Gasteiger partial charge is 0.503 e. The van der Waals surface area contributed by atoms with E-state index in [1.54, 1.807) is 0 Å². The number of thioether (sulfide) groups is 1. The highest BCUT2D eigenvalue weighted by atomic mass is 35.5. The molecule has 0 aromatic heterocycles. The predicted molar refractivity (Wildman–Crippen MR) is 100 cm³/mol. The first kappa shape index (κ1) is 20.1. The van der Waals surface area contributed by atoms with E-state index in [-0.39, 0.29) is 33.9 Å². The molecular weight excluding hydrogens is 380 g/mol. The summed E-state index contributed by atoms with van der Waals surface area (Å²) in [4.78, 5) is 37.4. The number of halogens is 1. The normalized spacial score (nSPS) is 15.9. The summed E-state index contributed by atoms with van der Waals surface area (Å²) in [5.74, 6) is -0.736. The molecule has 140 valence electrons. The maximum Gasteiger partial charge on any atom is 0.294 e. The minimum absolute atomic E-state index is 0.0582. The van der Waals surface area contributed by atoms with Gasteiger partial charge in [-0.05, 0) is 41.5 Å². The number of amides is 3. The third-order valence-corrected chi connectivity index (χ3v) is 4.65. The first-order valence-electron chi connectivity index (χ1n) is 7.81. The average Bonchev–Trinajstić information content (AvgIpc) is 2.83. The minimum Gasteiger partial charge on any atom is -0.503 e. The summed E-state index contributed by atoms with van der Waals surface area (Å²) in [6.45, 7) is 4.03. The molecule has 3 amide bonds. The van der Waals surface area contributed by atoms with Crippen LogP contribution in [0.1, 0.15) is 19.4 Å². The number of ether oxygens (including phenoxy) is 1. The molecule has 0 atom stereocenters. The lowest BCUT2D eigenvalue weighted by molar-refractivity contribution is -0.129. The molecule has 7 nitrogen and oxygen atoms in total. The molecule has 0 spiro atoms. The Balaban J connectivity index is 2.16. The number of phenols is 1. The summed E-state index contributed by atoms with van der Waals surface area (Å²) in [6, 6.07) is 2.94. The van der Waals surface area contributed by atoms with Crippen LogP contribution in [0.15, 0.2) is 17.0 Å². The number of nitrogens with one attached hydrogen (secondary N) is 1. The molecule has 0 saturated carbocycles. The highest BCUT2D eigenvalue weighted by Gasteiger charge is 2.36. The van der Waals surface area contributed by atoms with Crippen molar-refractivity contribution in [1.82, 2.24) is 10.2 Å². The number of rotatable bonds is 6. The van der Waals surface area contributed by atoms with Gasteiger partial charge in [-0.1, -0.05) is 25.4 Å². The molecule has 1 aromatic carbocycles. The van der Waals surface area contributed by atoms with E-state index in [9.17, 15) is 19.5 Å². The first-order chi connectivity index (χ1) is 12.2. The predicted octanol–water partition coefficient (Wildman–Crippen LogP) is 2.86. The van der Waals surface area contributed by atoms with Gasteiger partial charge in [-0.25, -0.2) is 0 Å². The van der Waals surface area contributed by atoms with Crippen LogP contribution >= 0.6 is 23.4 Å². The van der Waals surface area contributed by atoms with Gasteiger partial charge < -0.3 is 15.2 Å². The van der Waals surface area contributed by atoms with E-state index in [1.807, 2.05) is 13.8 Å². The SMILES string of the molecule is COc1cc(/C=C2\SC(=O)N(CC(=O)NCC(C)C)C2=O)cc(Cl)c1O. The van der Waals surface area contributed by atoms with E-state index >= 15 is 0 Å². The summed E-state index contributed by atoms with van der Waals surface area (Å²) < 4.78 is 5.01. The van der Waals surface area contributed by atoms with E-state index in [4.69, 9.17) is 16.3 Å². The lowest BCUT2D eigenvalue weighted by Gasteiger charge is -2.13. The van der Waals surface area contributed by atoms with Crippen molar-refractivity contribution < 1.29 is 24.2 Å². The number of hydrogen-bond acceptors (Lipinski definition) is 6. The summed E-state index contributed by atoms with van der Waals surface area (Å²) >= 11 is 6.66. The molecule has 0 radical (unpaired) electrons. The van der Waals surface area contributed by atoms with Crippen LogP contribution in [0.25, 0.3) is 6.08 Å². The smallest absolute Gasteiger partial charge is 0.294 e. The van der Waals surface area contributed by atoms with Crippen molar-refractivity contribution in [2.45, 2.75) is 13.8 Å². The summed E-state index contributed by atoms with van der Waals surface area (Å²) in [5, 5.41) is 12.0. The Morgan fingerprint density at radius 1 is 1.42 bits per heavy atom. The van der Waals surface area contributed by atoms with Gasteiger partial charge in [-0.2, -0.15) is 0 Å². The van der Waals surface area contributed by atoms with Gasteiger partial charge in [0.2, 0.25) is 5.91 Å². The molecule has 1 aliphatic rings. The summed E-state index contributed by atoms with van der Waals surface area (Å²) in [5.41, 5.74) is 0.486. The Morgan fingerprint density at radius 2 is 2.12 bits per heavy atom. The third-order valence-electron chi connectivity index (χ3n) is 3.45. The van der Waals surface area contributed by atoms with E-state index in [2.05, 4.69) is 5.32 Å². The van der Waals surface area contributed by atoms with Crippen LogP contribution in [0, 0.1) is 5.92 Å². The van der Waals surface area contributed by atoms with Crippen LogP contribution in [0.3, 0.4) is 0 Å². The topological polar surface area (TPSA) is 95.9 Å². The maximum absolute atomic E-state index is 12.4.